The number of amides is 1. The van der Waals surface area contributed by atoms with Gasteiger partial charge < -0.3 is 10.3 Å². The number of para-hydroxylation sites is 1. The maximum atomic E-state index is 12.6. The number of nitrogens with one attached hydrogen (secondary N) is 2. The second-order valence-electron chi connectivity index (χ2n) is 7.12. The molecule has 0 unspecified atom stereocenters. The van der Waals surface area contributed by atoms with Gasteiger partial charge in [-0.15, -0.1) is 0 Å². The number of nitrogens with zero attached hydrogens (tertiary/aromatic N) is 2. The summed E-state index contributed by atoms with van der Waals surface area (Å²) in [5, 5.41) is 2.91. The lowest BCUT2D eigenvalue weighted by Gasteiger charge is -2.16. The van der Waals surface area contributed by atoms with Gasteiger partial charge in [-0.1, -0.05) is 12.1 Å². The lowest BCUT2D eigenvalue weighted by Crippen LogP contribution is -2.38. The molecule has 0 saturated heterocycles. The average molecular weight is 430 g/mol. The van der Waals surface area contributed by atoms with E-state index in [1.165, 1.54) is 26.2 Å². The zero-order valence-electron chi connectivity index (χ0n) is 17.0. The van der Waals surface area contributed by atoms with Gasteiger partial charge in [-0.05, 0) is 49.2 Å². The zero-order chi connectivity index (χ0) is 22.2. The summed E-state index contributed by atoms with van der Waals surface area (Å²) in [7, 11) is -0.864. The molecule has 3 aromatic rings. The highest BCUT2D eigenvalue weighted by atomic mass is 32.2. The van der Waals surface area contributed by atoms with Crippen molar-refractivity contribution in [3.63, 3.8) is 0 Å². The Labute approximate surface area is 173 Å². The maximum Gasteiger partial charge on any atom is 0.329 e. The van der Waals surface area contributed by atoms with E-state index in [4.69, 9.17) is 0 Å². The van der Waals surface area contributed by atoms with Crippen molar-refractivity contribution < 1.29 is 13.2 Å². The quantitative estimate of drug-likeness (QED) is 0.630. The third-order valence-corrected chi connectivity index (χ3v) is 6.68. The van der Waals surface area contributed by atoms with Crippen LogP contribution in [-0.4, -0.2) is 42.3 Å². The van der Waals surface area contributed by atoms with Gasteiger partial charge in [-0.2, -0.15) is 0 Å². The van der Waals surface area contributed by atoms with Crippen molar-refractivity contribution in [1.82, 2.24) is 13.9 Å². The standard InChI is InChI=1S/C20H22N4O5S/c1-12-9-14(30(28,29)23(3)4)10-17(13(12)2)21-18(25)11-24-19(26)15-7-5-6-8-16(15)22-20(24)27/h5-10H,11H2,1-4H3,(H,21,25)(H,22,27). The fraction of sp³-hybridized carbons (Fsp3) is 0.250. The monoisotopic (exact) mass is 430 g/mol. The molecule has 0 aliphatic rings. The molecular formula is C20H22N4O5S. The van der Waals surface area contributed by atoms with Crippen molar-refractivity contribution in [2.75, 3.05) is 19.4 Å². The van der Waals surface area contributed by atoms with Gasteiger partial charge in [0.05, 0.1) is 15.8 Å². The van der Waals surface area contributed by atoms with Crippen molar-refractivity contribution in [3.05, 3.63) is 68.4 Å². The van der Waals surface area contributed by atoms with Crippen molar-refractivity contribution >= 4 is 32.5 Å². The van der Waals surface area contributed by atoms with Gasteiger partial charge >= 0.3 is 5.69 Å². The molecule has 3 rings (SSSR count). The molecule has 2 N–H and O–H groups in total. The third-order valence-electron chi connectivity index (χ3n) is 4.88. The predicted molar refractivity (Wildman–Crippen MR) is 114 cm³/mol. The molecule has 2 aromatic carbocycles. The molecule has 9 nitrogen and oxygen atoms in total. The van der Waals surface area contributed by atoms with Crippen molar-refractivity contribution in [3.8, 4) is 0 Å². The summed E-state index contributed by atoms with van der Waals surface area (Å²) in [5.74, 6) is -0.625. The Balaban J connectivity index is 1.96. The second-order valence-corrected chi connectivity index (χ2v) is 9.27. The van der Waals surface area contributed by atoms with Crippen LogP contribution in [-0.2, 0) is 21.4 Å². The number of aromatic amines is 1. The van der Waals surface area contributed by atoms with Gasteiger partial charge in [-0.3, -0.25) is 14.2 Å². The first kappa shape index (κ1) is 21.5. The van der Waals surface area contributed by atoms with Gasteiger partial charge in [0.1, 0.15) is 6.54 Å². The summed E-state index contributed by atoms with van der Waals surface area (Å²) in [4.78, 5) is 40.1. The van der Waals surface area contributed by atoms with E-state index in [9.17, 15) is 22.8 Å². The van der Waals surface area contributed by atoms with Crippen LogP contribution in [0.25, 0.3) is 10.9 Å². The Hall–Kier alpha value is -3.24. The number of H-pyrrole nitrogens is 1. The smallest absolute Gasteiger partial charge is 0.324 e. The molecule has 0 atom stereocenters. The highest BCUT2D eigenvalue weighted by Gasteiger charge is 2.20. The van der Waals surface area contributed by atoms with Crippen molar-refractivity contribution in [2.24, 2.45) is 0 Å². The van der Waals surface area contributed by atoms with Gasteiger partial charge in [-0.25, -0.2) is 17.5 Å². The predicted octanol–water partition coefficient (Wildman–Crippen LogP) is 1.20. The molecule has 158 valence electrons. The Kier molecular flexibility index (Phi) is 5.64. The lowest BCUT2D eigenvalue weighted by molar-refractivity contribution is -0.116. The Morgan fingerprint density at radius 2 is 1.80 bits per heavy atom. The van der Waals surface area contributed by atoms with Crippen LogP contribution in [0.3, 0.4) is 0 Å². The number of sulfonamides is 1. The van der Waals surface area contributed by atoms with Crippen molar-refractivity contribution in [2.45, 2.75) is 25.3 Å². The molecule has 0 fully saturated rings. The largest absolute Gasteiger partial charge is 0.329 e. The van der Waals surface area contributed by atoms with E-state index in [1.807, 2.05) is 0 Å². The summed E-state index contributed by atoms with van der Waals surface area (Å²) in [6.07, 6.45) is 0. The molecule has 1 heterocycles. The number of benzene rings is 2. The minimum absolute atomic E-state index is 0.0339. The number of fused-ring (bicyclic) bond motifs is 1. The number of hydrogen-bond acceptors (Lipinski definition) is 5. The number of aromatic nitrogens is 2. The van der Waals surface area contributed by atoms with E-state index in [0.29, 0.717) is 22.3 Å². The molecule has 0 bridgehead atoms. The van der Waals surface area contributed by atoms with Crippen LogP contribution >= 0.6 is 0 Å². The van der Waals surface area contributed by atoms with Crippen LogP contribution < -0.4 is 16.6 Å². The molecule has 0 saturated carbocycles. The molecule has 1 aromatic heterocycles. The molecule has 30 heavy (non-hydrogen) atoms. The fourth-order valence-corrected chi connectivity index (χ4v) is 4.01. The first-order chi connectivity index (χ1) is 14.0. The van der Waals surface area contributed by atoms with Crippen LogP contribution in [0.4, 0.5) is 5.69 Å². The topological polar surface area (TPSA) is 121 Å². The Morgan fingerprint density at radius 1 is 1.13 bits per heavy atom. The Bertz CT molecular complexity index is 1370. The lowest BCUT2D eigenvalue weighted by atomic mass is 10.1. The van der Waals surface area contributed by atoms with Crippen LogP contribution in [0.15, 0.2) is 50.9 Å². The number of hydrogen-bond donors (Lipinski definition) is 2. The van der Waals surface area contributed by atoms with Crippen LogP contribution in [0.2, 0.25) is 0 Å². The van der Waals surface area contributed by atoms with E-state index in [2.05, 4.69) is 10.3 Å². The number of aryl methyl sites for hydroxylation is 1. The minimum Gasteiger partial charge on any atom is -0.324 e. The maximum absolute atomic E-state index is 12.6. The van der Waals surface area contributed by atoms with Gasteiger partial charge in [0.25, 0.3) is 5.56 Å². The van der Waals surface area contributed by atoms with E-state index < -0.39 is 33.7 Å². The van der Waals surface area contributed by atoms with Gasteiger partial charge in [0, 0.05) is 19.8 Å². The first-order valence-electron chi connectivity index (χ1n) is 9.08. The van der Waals surface area contributed by atoms with Gasteiger partial charge in [0.15, 0.2) is 0 Å². The summed E-state index contributed by atoms with van der Waals surface area (Å²) >= 11 is 0. The number of carbonyl (C=O) groups is 1. The number of rotatable bonds is 5. The van der Waals surface area contributed by atoms with E-state index in [1.54, 1.807) is 38.1 Å². The normalized spacial score (nSPS) is 11.8. The van der Waals surface area contributed by atoms with Gasteiger partial charge in [0.2, 0.25) is 15.9 Å². The van der Waals surface area contributed by atoms with E-state index >= 15 is 0 Å². The number of carbonyl (C=O) groups excluding carboxylic acids is 1. The summed E-state index contributed by atoms with van der Waals surface area (Å²) in [6.45, 7) is 2.96. The van der Waals surface area contributed by atoms with E-state index in [0.717, 1.165) is 8.87 Å². The molecule has 0 spiro atoms. The van der Waals surface area contributed by atoms with Crippen LogP contribution in [0.1, 0.15) is 11.1 Å². The highest BCUT2D eigenvalue weighted by molar-refractivity contribution is 7.89. The van der Waals surface area contributed by atoms with Crippen molar-refractivity contribution in [1.29, 1.82) is 0 Å². The van der Waals surface area contributed by atoms with Crippen LogP contribution in [0.5, 0.6) is 0 Å². The van der Waals surface area contributed by atoms with E-state index in [-0.39, 0.29) is 10.3 Å². The molecule has 0 aliphatic heterocycles. The highest BCUT2D eigenvalue weighted by Crippen LogP contribution is 2.25. The first-order valence-corrected chi connectivity index (χ1v) is 10.5. The Morgan fingerprint density at radius 3 is 2.47 bits per heavy atom. The molecule has 1 amide bonds. The molecule has 0 aliphatic carbocycles. The third kappa shape index (κ3) is 3.91. The zero-order valence-corrected chi connectivity index (χ0v) is 17.8. The average Bonchev–Trinajstić information content (AvgIpc) is 2.68. The molecule has 0 radical (unpaired) electrons. The second kappa shape index (κ2) is 7.88. The number of anilines is 1. The summed E-state index contributed by atoms with van der Waals surface area (Å²) < 4.78 is 26.8. The summed E-state index contributed by atoms with van der Waals surface area (Å²) in [6, 6.07) is 9.40. The minimum atomic E-state index is -3.70. The summed E-state index contributed by atoms with van der Waals surface area (Å²) in [5.41, 5.74) is 0.754. The molecule has 10 heteroatoms. The van der Waals surface area contributed by atoms with Crippen LogP contribution in [0, 0.1) is 13.8 Å². The fourth-order valence-electron chi connectivity index (χ4n) is 2.99. The molecular weight excluding hydrogens is 408 g/mol. The SMILES string of the molecule is Cc1cc(S(=O)(=O)N(C)C)cc(NC(=O)Cn2c(=O)[nH]c3ccccc3c2=O)c1C.